The van der Waals surface area contributed by atoms with Gasteiger partial charge in [0.1, 0.15) is 5.75 Å². The number of carbonyl (C=O) groups is 1. The lowest BCUT2D eigenvalue weighted by Gasteiger charge is -2.25. The molecule has 3 rings (SSSR count). The number of carbonyl (C=O) groups excluding carboxylic acids is 1. The largest absolute Gasteiger partial charge is 0.497 e. The van der Waals surface area contributed by atoms with E-state index in [9.17, 15) is 4.79 Å². The van der Waals surface area contributed by atoms with Crippen LogP contribution in [0, 0.1) is 3.57 Å². The molecule has 1 fully saturated rings. The molecule has 2 aromatic rings. The van der Waals surface area contributed by atoms with Crippen LogP contribution in [0.4, 0.5) is 0 Å². The van der Waals surface area contributed by atoms with E-state index in [4.69, 9.17) is 4.74 Å². The number of amides is 1. The van der Waals surface area contributed by atoms with Gasteiger partial charge in [0.25, 0.3) is 5.91 Å². The molecule has 0 aliphatic carbocycles. The highest BCUT2D eigenvalue weighted by Crippen LogP contribution is 2.34. The Morgan fingerprint density at radius 1 is 1.23 bits per heavy atom. The van der Waals surface area contributed by atoms with Gasteiger partial charge in [0.2, 0.25) is 0 Å². The van der Waals surface area contributed by atoms with Crippen molar-refractivity contribution in [1.82, 2.24) is 4.90 Å². The van der Waals surface area contributed by atoms with E-state index in [1.54, 1.807) is 7.11 Å². The number of methoxy groups -OCH3 is 1. The van der Waals surface area contributed by atoms with Gasteiger partial charge in [0.05, 0.1) is 13.2 Å². The molecular weight excluding hydrogens is 389 g/mol. The summed E-state index contributed by atoms with van der Waals surface area (Å²) in [6.45, 7) is 0.812. The van der Waals surface area contributed by atoms with Crippen LogP contribution in [0.1, 0.15) is 34.8 Å². The van der Waals surface area contributed by atoms with Crippen molar-refractivity contribution in [3.63, 3.8) is 0 Å². The molecular formula is C18H18INO2. The van der Waals surface area contributed by atoms with Crippen LogP contribution in [0.2, 0.25) is 0 Å². The van der Waals surface area contributed by atoms with E-state index in [0.717, 1.165) is 39.8 Å². The molecule has 1 unspecified atom stereocenters. The molecule has 0 saturated carbocycles. The Labute approximate surface area is 144 Å². The molecule has 1 heterocycles. The van der Waals surface area contributed by atoms with Gasteiger partial charge in [0, 0.05) is 15.7 Å². The third-order valence-electron chi connectivity index (χ3n) is 4.06. The summed E-state index contributed by atoms with van der Waals surface area (Å²) in [4.78, 5) is 14.8. The Hall–Kier alpha value is -1.56. The van der Waals surface area contributed by atoms with Crippen molar-refractivity contribution in [3.8, 4) is 5.75 Å². The number of likely N-dealkylation sites (tertiary alicyclic amines) is 1. The number of ether oxygens (including phenoxy) is 1. The highest BCUT2D eigenvalue weighted by Gasteiger charge is 2.30. The first-order valence-corrected chi connectivity index (χ1v) is 8.47. The van der Waals surface area contributed by atoms with Crippen molar-refractivity contribution in [3.05, 3.63) is 63.2 Å². The minimum Gasteiger partial charge on any atom is -0.497 e. The molecule has 1 aliphatic rings. The molecule has 0 radical (unpaired) electrons. The Balaban J connectivity index is 1.88. The molecule has 22 heavy (non-hydrogen) atoms. The van der Waals surface area contributed by atoms with Crippen molar-refractivity contribution >= 4 is 28.5 Å². The van der Waals surface area contributed by atoms with Crippen LogP contribution in [0.3, 0.4) is 0 Å². The zero-order valence-electron chi connectivity index (χ0n) is 12.5. The van der Waals surface area contributed by atoms with Crippen molar-refractivity contribution < 1.29 is 9.53 Å². The second-order valence-electron chi connectivity index (χ2n) is 5.44. The van der Waals surface area contributed by atoms with Crippen LogP contribution in [0.25, 0.3) is 0 Å². The summed E-state index contributed by atoms with van der Waals surface area (Å²) >= 11 is 2.24. The average Bonchev–Trinajstić information content (AvgIpc) is 3.04. The molecule has 0 aromatic heterocycles. The molecule has 0 bridgehead atoms. The molecule has 3 nitrogen and oxygen atoms in total. The van der Waals surface area contributed by atoms with Crippen molar-refractivity contribution in [1.29, 1.82) is 0 Å². The maximum Gasteiger partial charge on any atom is 0.254 e. The fourth-order valence-electron chi connectivity index (χ4n) is 2.99. The van der Waals surface area contributed by atoms with Gasteiger partial charge in [-0.1, -0.05) is 18.2 Å². The molecule has 0 N–H and O–H groups in total. The summed E-state index contributed by atoms with van der Waals surface area (Å²) in [5, 5.41) is 0. The van der Waals surface area contributed by atoms with Crippen LogP contribution in [-0.4, -0.2) is 24.5 Å². The van der Waals surface area contributed by atoms with Gasteiger partial charge in [-0.25, -0.2) is 0 Å². The molecule has 0 spiro atoms. The summed E-state index contributed by atoms with van der Waals surface area (Å²) < 4.78 is 6.39. The lowest BCUT2D eigenvalue weighted by Crippen LogP contribution is -2.30. The van der Waals surface area contributed by atoms with Crippen molar-refractivity contribution in [2.75, 3.05) is 13.7 Å². The van der Waals surface area contributed by atoms with E-state index in [1.165, 1.54) is 0 Å². The summed E-state index contributed by atoms with van der Waals surface area (Å²) in [7, 11) is 1.67. The standard InChI is InChI=1S/C18H18INO2/c1-22-16-8-3-5-13(12-16)17-9-4-10-20(17)18(21)14-6-2-7-15(19)11-14/h2-3,5-8,11-12,17H,4,9-10H2,1H3. The van der Waals surface area contributed by atoms with Gasteiger partial charge in [-0.2, -0.15) is 0 Å². The molecule has 114 valence electrons. The number of hydrogen-bond acceptors (Lipinski definition) is 2. The number of hydrogen-bond donors (Lipinski definition) is 0. The zero-order chi connectivity index (χ0) is 15.5. The first-order valence-electron chi connectivity index (χ1n) is 7.39. The molecule has 1 amide bonds. The smallest absolute Gasteiger partial charge is 0.254 e. The second-order valence-corrected chi connectivity index (χ2v) is 6.69. The van der Waals surface area contributed by atoms with Crippen LogP contribution in [0.15, 0.2) is 48.5 Å². The van der Waals surface area contributed by atoms with E-state index in [0.29, 0.717) is 0 Å². The van der Waals surface area contributed by atoms with Crippen molar-refractivity contribution in [2.45, 2.75) is 18.9 Å². The average molecular weight is 407 g/mol. The number of nitrogens with zero attached hydrogens (tertiary/aromatic N) is 1. The maximum atomic E-state index is 12.8. The summed E-state index contributed by atoms with van der Waals surface area (Å²) in [5.41, 5.74) is 1.91. The van der Waals surface area contributed by atoms with Crippen LogP contribution in [0.5, 0.6) is 5.75 Å². The van der Waals surface area contributed by atoms with E-state index in [2.05, 4.69) is 28.7 Å². The lowest BCUT2D eigenvalue weighted by atomic mass is 10.0. The first kappa shape index (κ1) is 15.3. The van der Waals surface area contributed by atoms with Gasteiger partial charge in [-0.15, -0.1) is 0 Å². The Bertz CT molecular complexity index is 686. The summed E-state index contributed by atoms with van der Waals surface area (Å²) in [5.74, 6) is 0.954. The Kier molecular flexibility index (Phi) is 4.66. The lowest BCUT2D eigenvalue weighted by molar-refractivity contribution is 0.0735. The summed E-state index contributed by atoms with van der Waals surface area (Å²) in [6.07, 6.45) is 2.04. The minimum absolute atomic E-state index is 0.115. The second kappa shape index (κ2) is 6.69. The van der Waals surface area contributed by atoms with Gasteiger partial charge in [0.15, 0.2) is 0 Å². The Morgan fingerprint density at radius 3 is 2.82 bits per heavy atom. The van der Waals surface area contributed by atoms with Gasteiger partial charge < -0.3 is 9.64 Å². The zero-order valence-corrected chi connectivity index (χ0v) is 14.6. The quantitative estimate of drug-likeness (QED) is 0.712. The topological polar surface area (TPSA) is 29.5 Å². The number of rotatable bonds is 3. The minimum atomic E-state index is 0.115. The molecule has 2 aromatic carbocycles. The monoisotopic (exact) mass is 407 g/mol. The van der Waals surface area contributed by atoms with Crippen LogP contribution in [-0.2, 0) is 0 Å². The maximum absolute atomic E-state index is 12.8. The number of benzene rings is 2. The third kappa shape index (κ3) is 3.11. The SMILES string of the molecule is COc1cccc(C2CCCN2C(=O)c2cccc(I)c2)c1. The molecule has 1 aliphatic heterocycles. The van der Waals surface area contributed by atoms with Gasteiger partial charge >= 0.3 is 0 Å². The van der Waals surface area contributed by atoms with E-state index in [-0.39, 0.29) is 11.9 Å². The van der Waals surface area contributed by atoms with E-state index in [1.807, 2.05) is 47.4 Å². The fraction of sp³-hybridized carbons (Fsp3) is 0.278. The van der Waals surface area contributed by atoms with Crippen LogP contribution < -0.4 is 4.74 Å². The highest BCUT2D eigenvalue weighted by molar-refractivity contribution is 14.1. The van der Waals surface area contributed by atoms with E-state index < -0.39 is 0 Å². The van der Waals surface area contributed by atoms with E-state index >= 15 is 0 Å². The first-order chi connectivity index (χ1) is 10.7. The Morgan fingerprint density at radius 2 is 2.05 bits per heavy atom. The fourth-order valence-corrected chi connectivity index (χ4v) is 3.54. The molecule has 1 saturated heterocycles. The predicted octanol–water partition coefficient (Wildman–Crippen LogP) is 4.28. The number of halogens is 1. The third-order valence-corrected chi connectivity index (χ3v) is 4.73. The predicted molar refractivity (Wildman–Crippen MR) is 95.2 cm³/mol. The summed E-state index contributed by atoms with van der Waals surface area (Å²) in [6, 6.07) is 15.9. The molecule has 4 heteroatoms. The van der Waals surface area contributed by atoms with Gasteiger partial charge in [-0.3, -0.25) is 4.79 Å². The van der Waals surface area contributed by atoms with Gasteiger partial charge in [-0.05, 0) is 71.3 Å². The highest BCUT2D eigenvalue weighted by atomic mass is 127. The molecule has 1 atom stereocenters. The normalized spacial score (nSPS) is 17.5. The van der Waals surface area contributed by atoms with Crippen molar-refractivity contribution in [2.24, 2.45) is 0 Å². The van der Waals surface area contributed by atoms with Crippen LogP contribution >= 0.6 is 22.6 Å².